The molecule has 0 saturated heterocycles. The van der Waals surface area contributed by atoms with Crippen LogP contribution in [0, 0.1) is 0 Å². The number of rotatable bonds is 3. The van der Waals surface area contributed by atoms with Crippen LogP contribution >= 0.6 is 11.6 Å². The zero-order chi connectivity index (χ0) is 13.9. The van der Waals surface area contributed by atoms with Crippen molar-refractivity contribution in [3.63, 3.8) is 0 Å². The van der Waals surface area contributed by atoms with E-state index in [1.165, 1.54) is 0 Å². The standard InChI is InChI=1S/C16H13ClN2O/c17-15-7-4-8-16(14(15)11-20)19-10-13(9-18-19)12-5-2-1-3-6-12/h1-10,20H,11H2. The molecule has 0 spiro atoms. The summed E-state index contributed by atoms with van der Waals surface area (Å²) in [5.74, 6) is 0. The van der Waals surface area contributed by atoms with Crippen LogP contribution in [0.25, 0.3) is 16.8 Å². The maximum Gasteiger partial charge on any atom is 0.0717 e. The van der Waals surface area contributed by atoms with Gasteiger partial charge in [-0.25, -0.2) is 4.68 Å². The molecule has 3 nitrogen and oxygen atoms in total. The first kappa shape index (κ1) is 12.9. The van der Waals surface area contributed by atoms with Crippen molar-refractivity contribution in [2.45, 2.75) is 6.61 Å². The molecule has 2 aromatic carbocycles. The third-order valence-electron chi connectivity index (χ3n) is 3.19. The van der Waals surface area contributed by atoms with Crippen LogP contribution in [0.15, 0.2) is 60.9 Å². The Balaban J connectivity index is 2.05. The largest absolute Gasteiger partial charge is 0.392 e. The normalized spacial score (nSPS) is 10.7. The van der Waals surface area contributed by atoms with Crippen molar-refractivity contribution in [2.75, 3.05) is 0 Å². The lowest BCUT2D eigenvalue weighted by molar-refractivity contribution is 0.281. The number of aliphatic hydroxyl groups is 1. The van der Waals surface area contributed by atoms with Gasteiger partial charge in [-0.3, -0.25) is 0 Å². The summed E-state index contributed by atoms with van der Waals surface area (Å²) in [5.41, 5.74) is 3.60. The summed E-state index contributed by atoms with van der Waals surface area (Å²) in [5, 5.41) is 14.4. The van der Waals surface area contributed by atoms with Crippen LogP contribution in [0.1, 0.15) is 5.56 Å². The average molecular weight is 285 g/mol. The minimum absolute atomic E-state index is 0.116. The Labute approximate surface area is 122 Å². The minimum Gasteiger partial charge on any atom is -0.392 e. The fourth-order valence-electron chi connectivity index (χ4n) is 2.15. The highest BCUT2D eigenvalue weighted by Crippen LogP contribution is 2.25. The van der Waals surface area contributed by atoms with Gasteiger partial charge in [-0.1, -0.05) is 48.0 Å². The molecule has 4 heteroatoms. The predicted octanol–water partition coefficient (Wildman–Crippen LogP) is 3.69. The lowest BCUT2D eigenvalue weighted by Crippen LogP contribution is -2.00. The van der Waals surface area contributed by atoms with Gasteiger partial charge in [-0.15, -0.1) is 0 Å². The highest BCUT2D eigenvalue weighted by molar-refractivity contribution is 6.31. The number of nitrogens with zero attached hydrogens (tertiary/aromatic N) is 2. The summed E-state index contributed by atoms with van der Waals surface area (Å²) in [6.07, 6.45) is 3.73. The third-order valence-corrected chi connectivity index (χ3v) is 3.54. The number of benzene rings is 2. The van der Waals surface area contributed by atoms with Crippen molar-refractivity contribution in [3.8, 4) is 16.8 Å². The van der Waals surface area contributed by atoms with Crippen LogP contribution in [-0.4, -0.2) is 14.9 Å². The maximum absolute atomic E-state index is 9.46. The average Bonchev–Trinajstić information content (AvgIpc) is 2.97. The molecule has 0 aliphatic heterocycles. The number of hydrogen-bond acceptors (Lipinski definition) is 2. The van der Waals surface area contributed by atoms with Crippen molar-refractivity contribution in [1.29, 1.82) is 0 Å². The van der Waals surface area contributed by atoms with Crippen LogP contribution in [-0.2, 0) is 6.61 Å². The van der Waals surface area contributed by atoms with Gasteiger partial charge in [0, 0.05) is 22.3 Å². The fourth-order valence-corrected chi connectivity index (χ4v) is 2.38. The highest BCUT2D eigenvalue weighted by atomic mass is 35.5. The SMILES string of the molecule is OCc1c(Cl)cccc1-n1cc(-c2ccccc2)cn1. The number of aromatic nitrogens is 2. The van der Waals surface area contributed by atoms with E-state index < -0.39 is 0 Å². The van der Waals surface area contributed by atoms with E-state index in [0.717, 1.165) is 16.8 Å². The molecule has 0 aliphatic carbocycles. The molecule has 0 amide bonds. The Bertz CT molecular complexity index is 722. The zero-order valence-electron chi connectivity index (χ0n) is 10.7. The minimum atomic E-state index is -0.116. The Morgan fingerprint density at radius 3 is 2.55 bits per heavy atom. The van der Waals surface area contributed by atoms with E-state index in [4.69, 9.17) is 11.6 Å². The van der Waals surface area contributed by atoms with Gasteiger partial charge in [0.15, 0.2) is 0 Å². The molecule has 0 fully saturated rings. The molecule has 1 aromatic heterocycles. The van der Waals surface area contributed by atoms with Gasteiger partial charge in [0.25, 0.3) is 0 Å². The third kappa shape index (κ3) is 2.33. The Kier molecular flexibility index (Phi) is 3.54. The number of hydrogen-bond donors (Lipinski definition) is 1. The molecule has 1 N–H and O–H groups in total. The molecule has 0 bridgehead atoms. The highest BCUT2D eigenvalue weighted by Gasteiger charge is 2.09. The molecular formula is C16H13ClN2O. The summed E-state index contributed by atoms with van der Waals surface area (Å²) in [4.78, 5) is 0. The summed E-state index contributed by atoms with van der Waals surface area (Å²) in [6, 6.07) is 15.5. The fraction of sp³-hybridized carbons (Fsp3) is 0.0625. The number of aliphatic hydroxyl groups excluding tert-OH is 1. The Morgan fingerprint density at radius 2 is 1.80 bits per heavy atom. The van der Waals surface area contributed by atoms with Crippen molar-refractivity contribution in [3.05, 3.63) is 71.5 Å². The molecule has 0 aliphatic rings. The topological polar surface area (TPSA) is 38.0 Å². The van der Waals surface area contributed by atoms with Crippen molar-refractivity contribution in [2.24, 2.45) is 0 Å². The van der Waals surface area contributed by atoms with Crippen LogP contribution in [0.3, 0.4) is 0 Å². The van der Waals surface area contributed by atoms with E-state index in [0.29, 0.717) is 10.6 Å². The second kappa shape index (κ2) is 5.49. The second-order valence-electron chi connectivity index (χ2n) is 4.44. The van der Waals surface area contributed by atoms with E-state index in [2.05, 4.69) is 5.10 Å². The second-order valence-corrected chi connectivity index (χ2v) is 4.84. The van der Waals surface area contributed by atoms with E-state index in [1.807, 2.05) is 48.7 Å². The lowest BCUT2D eigenvalue weighted by Gasteiger charge is -2.08. The van der Waals surface area contributed by atoms with Crippen molar-refractivity contribution in [1.82, 2.24) is 9.78 Å². The van der Waals surface area contributed by atoms with Gasteiger partial charge >= 0.3 is 0 Å². The van der Waals surface area contributed by atoms with E-state index >= 15 is 0 Å². The lowest BCUT2D eigenvalue weighted by atomic mass is 10.1. The quantitative estimate of drug-likeness (QED) is 0.797. The van der Waals surface area contributed by atoms with Gasteiger partial charge in [0.1, 0.15) is 0 Å². The first-order valence-electron chi connectivity index (χ1n) is 6.28. The smallest absolute Gasteiger partial charge is 0.0717 e. The van der Waals surface area contributed by atoms with E-state index in [-0.39, 0.29) is 6.61 Å². The molecule has 3 aromatic rings. The summed E-state index contributed by atoms with van der Waals surface area (Å²) in [7, 11) is 0. The first-order valence-corrected chi connectivity index (χ1v) is 6.66. The Morgan fingerprint density at radius 1 is 1.00 bits per heavy atom. The van der Waals surface area contributed by atoms with Crippen LogP contribution in [0.2, 0.25) is 5.02 Å². The molecule has 0 radical (unpaired) electrons. The van der Waals surface area contributed by atoms with Crippen molar-refractivity contribution < 1.29 is 5.11 Å². The number of halogens is 1. The van der Waals surface area contributed by atoms with Gasteiger partial charge < -0.3 is 5.11 Å². The van der Waals surface area contributed by atoms with Crippen molar-refractivity contribution >= 4 is 11.6 Å². The van der Waals surface area contributed by atoms with E-state index in [1.54, 1.807) is 16.9 Å². The molecule has 1 heterocycles. The van der Waals surface area contributed by atoms with Gasteiger partial charge in [-0.05, 0) is 17.7 Å². The molecule has 0 unspecified atom stereocenters. The molecule has 20 heavy (non-hydrogen) atoms. The molecular weight excluding hydrogens is 272 g/mol. The van der Waals surface area contributed by atoms with Crippen LogP contribution in [0.5, 0.6) is 0 Å². The molecule has 100 valence electrons. The summed E-state index contributed by atoms with van der Waals surface area (Å²) in [6.45, 7) is -0.116. The zero-order valence-corrected chi connectivity index (χ0v) is 11.5. The first-order chi connectivity index (χ1) is 9.79. The van der Waals surface area contributed by atoms with Gasteiger partial charge in [0.05, 0.1) is 18.5 Å². The predicted molar refractivity (Wildman–Crippen MR) is 79.9 cm³/mol. The van der Waals surface area contributed by atoms with Crippen LogP contribution < -0.4 is 0 Å². The Hall–Kier alpha value is -2.10. The van der Waals surface area contributed by atoms with Crippen LogP contribution in [0.4, 0.5) is 0 Å². The molecule has 3 rings (SSSR count). The van der Waals surface area contributed by atoms with Gasteiger partial charge in [0.2, 0.25) is 0 Å². The maximum atomic E-state index is 9.46. The monoisotopic (exact) mass is 284 g/mol. The van der Waals surface area contributed by atoms with E-state index in [9.17, 15) is 5.11 Å². The summed E-state index contributed by atoms with van der Waals surface area (Å²) >= 11 is 6.10. The molecule has 0 saturated carbocycles. The molecule has 0 atom stereocenters. The summed E-state index contributed by atoms with van der Waals surface area (Å²) < 4.78 is 1.74. The van der Waals surface area contributed by atoms with Gasteiger partial charge in [-0.2, -0.15) is 5.10 Å².